The predicted molar refractivity (Wildman–Crippen MR) is 186 cm³/mol. The number of carbonyl (C=O) groups is 3. The molecule has 0 saturated heterocycles. The zero-order valence-corrected chi connectivity index (χ0v) is 28.9. The third-order valence-electron chi connectivity index (χ3n) is 7.82. The second-order valence-electron chi connectivity index (χ2n) is 13.0. The maximum Gasteiger partial charge on any atom is 0.411 e. The molecule has 2 amide bonds. The number of benzene rings is 3. The number of aliphatic carboxylic acids is 1. The van der Waals surface area contributed by atoms with Crippen LogP contribution < -0.4 is 16.2 Å². The molecule has 4 N–H and O–H groups in total. The lowest BCUT2D eigenvalue weighted by Gasteiger charge is -2.25. The van der Waals surface area contributed by atoms with Crippen LogP contribution in [-0.2, 0) is 37.1 Å². The Kier molecular flexibility index (Phi) is 10.5. The van der Waals surface area contributed by atoms with Crippen LogP contribution in [0.5, 0.6) is 0 Å². The number of H-pyrrole nitrogens is 1. The lowest BCUT2D eigenvalue weighted by atomic mass is 10.0. The Morgan fingerprint density at radius 2 is 1.74 bits per heavy atom. The number of carboxylic acid groups (broad SMARTS) is 1. The lowest BCUT2D eigenvalue weighted by molar-refractivity contribution is -0.138. The summed E-state index contributed by atoms with van der Waals surface area (Å²) in [5.74, 6) is -1.12. The van der Waals surface area contributed by atoms with Crippen molar-refractivity contribution in [1.82, 2.24) is 14.9 Å². The molecule has 0 bridgehead atoms. The van der Waals surface area contributed by atoms with Crippen molar-refractivity contribution >= 4 is 50.3 Å². The molecule has 5 rings (SSSR count). The number of amides is 2. The number of fused-ring (bicyclic) bond motifs is 1. The van der Waals surface area contributed by atoms with Crippen molar-refractivity contribution in [3.8, 4) is 0 Å². The summed E-state index contributed by atoms with van der Waals surface area (Å²) < 4.78 is 37.0. The molecule has 3 aromatic carbocycles. The first-order valence-corrected chi connectivity index (χ1v) is 17.5. The van der Waals surface area contributed by atoms with Gasteiger partial charge in [-0.15, -0.1) is 0 Å². The van der Waals surface area contributed by atoms with Gasteiger partial charge in [0.05, 0.1) is 40.5 Å². The molecule has 4 aromatic rings. The van der Waals surface area contributed by atoms with Crippen LogP contribution in [0.4, 0.5) is 21.0 Å². The molecule has 0 radical (unpaired) electrons. The molecule has 14 nitrogen and oxygen atoms in total. The number of hydrogen-bond acceptors (Lipinski definition) is 10. The molecule has 1 fully saturated rings. The third kappa shape index (κ3) is 8.96. The van der Waals surface area contributed by atoms with Gasteiger partial charge in [-0.1, -0.05) is 24.3 Å². The minimum atomic E-state index is -3.61. The van der Waals surface area contributed by atoms with E-state index in [4.69, 9.17) is 9.47 Å². The molecule has 50 heavy (non-hydrogen) atoms. The Hall–Kier alpha value is -5.44. The maximum absolute atomic E-state index is 13.1. The van der Waals surface area contributed by atoms with E-state index in [-0.39, 0.29) is 23.6 Å². The van der Waals surface area contributed by atoms with Gasteiger partial charge in [0.25, 0.3) is 5.56 Å². The van der Waals surface area contributed by atoms with Crippen LogP contribution in [0, 0.1) is 0 Å². The minimum absolute atomic E-state index is 0.00778. The Morgan fingerprint density at radius 1 is 1.04 bits per heavy atom. The predicted octanol–water partition coefficient (Wildman–Crippen LogP) is 5.26. The quantitative estimate of drug-likeness (QED) is 0.150. The molecule has 15 heteroatoms. The molecule has 1 aliphatic rings. The zero-order chi connectivity index (χ0) is 36.2. The first-order chi connectivity index (χ1) is 23.6. The lowest BCUT2D eigenvalue weighted by Crippen LogP contribution is -2.34. The average molecular weight is 706 g/mol. The Labute approximate surface area is 288 Å². The summed E-state index contributed by atoms with van der Waals surface area (Å²) in [4.78, 5) is 57.5. The summed E-state index contributed by atoms with van der Waals surface area (Å²) in [6, 6.07) is 14.9. The van der Waals surface area contributed by atoms with Crippen molar-refractivity contribution in [3.63, 3.8) is 0 Å². The van der Waals surface area contributed by atoms with Crippen LogP contribution in [0.2, 0.25) is 0 Å². The van der Waals surface area contributed by atoms with E-state index in [0.717, 1.165) is 5.56 Å². The first-order valence-electron chi connectivity index (χ1n) is 15.9. The van der Waals surface area contributed by atoms with Crippen LogP contribution >= 0.6 is 0 Å². The fourth-order valence-electron chi connectivity index (χ4n) is 5.18. The number of nitrogens with one attached hydrogen (secondary N) is 3. The zero-order valence-electron chi connectivity index (χ0n) is 28.1. The highest BCUT2D eigenvalue weighted by Gasteiger charge is 2.38. The fraction of sp³-hybridized carbons (Fsp3) is 0.343. The number of anilines is 2. The second-order valence-corrected chi connectivity index (χ2v) is 15.2. The van der Waals surface area contributed by atoms with Gasteiger partial charge in [0.1, 0.15) is 5.60 Å². The molecule has 1 heterocycles. The standard InChI is InChI=1S/C35H39N5O9S/c1-35(2,3)49-34(45)40(4)19-23-17-24(10-14-29(23)50(46,47)26-11-12-26)39-33(44)48-16-15-21-5-7-22(8-6-21)30(32(42)43)38-25-9-13-28-27(18-25)31(41)37-20-36-28/h5-10,13-14,17-18,20,26,30,38H,11-12,15-16,19H2,1-4H3,(H,39,44)(H,42,43)(H,36,37,41). The van der Waals surface area contributed by atoms with Gasteiger partial charge in [-0.2, -0.15) is 0 Å². The van der Waals surface area contributed by atoms with E-state index in [1.165, 1.54) is 36.5 Å². The monoisotopic (exact) mass is 705 g/mol. The van der Waals surface area contributed by atoms with Crippen molar-refractivity contribution < 1.29 is 37.4 Å². The number of sulfone groups is 1. The van der Waals surface area contributed by atoms with Crippen LogP contribution in [-0.4, -0.2) is 71.1 Å². The summed E-state index contributed by atoms with van der Waals surface area (Å²) in [7, 11) is -2.10. The second kappa shape index (κ2) is 14.6. The average Bonchev–Trinajstić information content (AvgIpc) is 3.90. The molecular weight excluding hydrogens is 666 g/mol. The van der Waals surface area contributed by atoms with Crippen molar-refractivity contribution in [3.05, 3.63) is 94.0 Å². The van der Waals surface area contributed by atoms with Crippen molar-refractivity contribution in [2.45, 2.75) is 68.4 Å². The summed E-state index contributed by atoms with van der Waals surface area (Å²) in [6.45, 7) is 5.15. The molecule has 0 spiro atoms. The minimum Gasteiger partial charge on any atom is -0.479 e. The first kappa shape index (κ1) is 35.9. The maximum atomic E-state index is 13.1. The summed E-state index contributed by atoms with van der Waals surface area (Å²) in [5, 5.41) is 15.3. The van der Waals surface area contributed by atoms with Crippen molar-refractivity contribution in [1.29, 1.82) is 0 Å². The molecule has 1 unspecified atom stereocenters. The molecule has 0 aliphatic heterocycles. The van der Waals surface area contributed by atoms with Gasteiger partial charge in [0, 0.05) is 24.8 Å². The number of carboxylic acids is 1. The van der Waals surface area contributed by atoms with Gasteiger partial charge in [-0.3, -0.25) is 10.1 Å². The Bertz CT molecular complexity index is 2070. The SMILES string of the molecule is CN(Cc1cc(NC(=O)OCCc2ccc(C(Nc3ccc4nc[nH]c(=O)c4c3)C(=O)O)cc2)ccc1S(=O)(=O)C1CC1)C(=O)OC(C)(C)C. The van der Waals surface area contributed by atoms with Crippen LogP contribution in [0.15, 0.2) is 76.7 Å². The Balaban J connectivity index is 1.19. The van der Waals surface area contributed by atoms with E-state index in [0.29, 0.717) is 52.7 Å². The highest BCUT2D eigenvalue weighted by atomic mass is 32.2. The van der Waals surface area contributed by atoms with Gasteiger partial charge in [-0.05, 0) is 86.7 Å². The van der Waals surface area contributed by atoms with E-state index >= 15 is 0 Å². The van der Waals surface area contributed by atoms with Crippen molar-refractivity contribution in [2.24, 2.45) is 0 Å². The van der Waals surface area contributed by atoms with E-state index in [1.807, 2.05) is 0 Å². The molecule has 264 valence electrons. The number of aromatic nitrogens is 2. The Morgan fingerprint density at radius 3 is 2.40 bits per heavy atom. The van der Waals surface area contributed by atoms with E-state index in [1.54, 1.807) is 63.2 Å². The molecule has 1 aliphatic carbocycles. The van der Waals surface area contributed by atoms with Crippen molar-refractivity contribution in [2.75, 3.05) is 24.3 Å². The third-order valence-corrected chi connectivity index (χ3v) is 10.2. The smallest absolute Gasteiger partial charge is 0.411 e. The number of rotatable bonds is 12. The number of ether oxygens (including phenoxy) is 2. The van der Waals surface area contributed by atoms with Crippen LogP contribution in [0.25, 0.3) is 10.9 Å². The highest BCUT2D eigenvalue weighted by molar-refractivity contribution is 7.92. The van der Waals surface area contributed by atoms with E-state index < -0.39 is 44.9 Å². The summed E-state index contributed by atoms with van der Waals surface area (Å²) in [5.41, 5.74) is 1.74. The molecular formula is C35H39N5O9S. The molecule has 1 aromatic heterocycles. The molecule has 1 saturated carbocycles. The van der Waals surface area contributed by atoms with Gasteiger partial charge in [0.2, 0.25) is 0 Å². The number of nitrogens with zero attached hydrogens (tertiary/aromatic N) is 2. The summed E-state index contributed by atoms with van der Waals surface area (Å²) in [6.07, 6.45) is 1.40. The summed E-state index contributed by atoms with van der Waals surface area (Å²) >= 11 is 0. The van der Waals surface area contributed by atoms with E-state index in [9.17, 15) is 32.7 Å². The van der Waals surface area contributed by atoms with Gasteiger partial charge < -0.3 is 29.8 Å². The van der Waals surface area contributed by atoms with E-state index in [2.05, 4.69) is 20.6 Å². The van der Waals surface area contributed by atoms with Crippen LogP contribution in [0.3, 0.4) is 0 Å². The van der Waals surface area contributed by atoms with Gasteiger partial charge in [0.15, 0.2) is 15.9 Å². The number of hydrogen-bond donors (Lipinski definition) is 4. The largest absolute Gasteiger partial charge is 0.479 e. The van der Waals surface area contributed by atoms with Gasteiger partial charge >= 0.3 is 18.2 Å². The fourth-order valence-corrected chi connectivity index (χ4v) is 7.04. The number of carbonyl (C=O) groups excluding carboxylic acids is 2. The molecule has 1 atom stereocenters. The van der Waals surface area contributed by atoms with Gasteiger partial charge in [-0.25, -0.2) is 27.8 Å². The number of aromatic amines is 1. The topological polar surface area (TPSA) is 197 Å². The highest BCUT2D eigenvalue weighted by Crippen LogP contribution is 2.36. The normalized spacial score (nSPS) is 13.7. The van der Waals surface area contributed by atoms with Crippen LogP contribution in [0.1, 0.15) is 56.3 Å².